The smallest absolute Gasteiger partial charge is 0.129 e. The Morgan fingerprint density at radius 3 is 1.29 bits per heavy atom. The molecule has 3 heteroatoms. The van der Waals surface area contributed by atoms with Crippen molar-refractivity contribution in [1.82, 2.24) is 9.13 Å². The van der Waals surface area contributed by atoms with Gasteiger partial charge in [-0.25, -0.2) is 0 Å². The number of benzene rings is 6. The second kappa shape index (κ2) is 8.91. The lowest BCUT2D eigenvalue weighted by molar-refractivity contribution is 1.17. The summed E-state index contributed by atoms with van der Waals surface area (Å²) in [4.78, 5) is 0. The van der Waals surface area contributed by atoms with Crippen LogP contribution in [0.2, 0.25) is 0 Å². The number of fused-ring (bicyclic) bond motifs is 6. The van der Waals surface area contributed by atoms with Crippen LogP contribution >= 0.6 is 0 Å². The molecule has 2 aromatic heterocycles. The maximum Gasteiger partial charge on any atom is 0.129 e. The van der Waals surface area contributed by atoms with E-state index in [0.717, 1.165) is 50.1 Å². The van der Waals surface area contributed by atoms with Gasteiger partial charge >= 0.3 is 0 Å². The van der Waals surface area contributed by atoms with Crippen molar-refractivity contribution in [3.63, 3.8) is 0 Å². The molecule has 0 aliphatic carbocycles. The summed E-state index contributed by atoms with van der Waals surface area (Å²) >= 11 is 0. The summed E-state index contributed by atoms with van der Waals surface area (Å²) in [6.45, 7) is 4.35. The van der Waals surface area contributed by atoms with E-state index in [-0.39, 0.29) is 0 Å². The van der Waals surface area contributed by atoms with Gasteiger partial charge in [0.05, 0.1) is 45.8 Å². The number of rotatable bonds is 3. The van der Waals surface area contributed by atoms with Gasteiger partial charge in [0.1, 0.15) is 11.3 Å². The topological polar surface area (TPSA) is 33.6 Å². The van der Waals surface area contributed by atoms with Crippen molar-refractivity contribution in [3.8, 4) is 28.6 Å². The third kappa shape index (κ3) is 3.55. The van der Waals surface area contributed by atoms with Gasteiger partial charge in [0.15, 0.2) is 0 Å². The van der Waals surface area contributed by atoms with Crippen molar-refractivity contribution in [2.45, 2.75) is 0 Å². The predicted molar refractivity (Wildman–Crippen MR) is 170 cm³/mol. The van der Waals surface area contributed by atoms with E-state index in [4.69, 9.17) is 0 Å². The maximum atomic E-state index is 10.1. The van der Waals surface area contributed by atoms with E-state index in [1.54, 1.807) is 0 Å². The van der Waals surface area contributed by atoms with E-state index >= 15 is 0 Å². The van der Waals surface area contributed by atoms with E-state index in [2.05, 4.69) is 143 Å². The van der Waals surface area contributed by atoms with Crippen LogP contribution in [0.25, 0.3) is 66.1 Å². The van der Waals surface area contributed by atoms with Crippen LogP contribution in [-0.2, 0) is 0 Å². The number of nitrogens with zero attached hydrogens (tertiary/aromatic N) is 3. The molecule has 0 unspecified atom stereocenters. The standard InChI is InChI=1S/C38H24N3/c1-25-18-27(22-29(19-25)40-35-14-6-2-10-31(35)32-11-3-7-15-36(32)40)28-20-26(24-39)21-30(23-28)41-37-16-8-4-12-33(37)34-13-5-9-17-38(34)41/h2-23H,1H2/q+1. The summed E-state index contributed by atoms with van der Waals surface area (Å²) in [5.74, 6) is 0. The van der Waals surface area contributed by atoms with Crippen LogP contribution in [0.3, 0.4) is 0 Å². The lowest BCUT2D eigenvalue weighted by Crippen LogP contribution is -1.98. The third-order valence-electron chi connectivity index (χ3n) is 8.03. The largest absolute Gasteiger partial charge is 0.309 e. The van der Waals surface area contributed by atoms with Crippen molar-refractivity contribution in [3.05, 3.63) is 152 Å². The molecule has 0 aliphatic heterocycles. The van der Waals surface area contributed by atoms with Crippen LogP contribution in [0, 0.1) is 18.3 Å². The molecule has 0 spiro atoms. The minimum absolute atomic E-state index is 0.618. The second-order valence-electron chi connectivity index (χ2n) is 10.5. The highest BCUT2D eigenvalue weighted by atomic mass is 15.0. The normalized spacial score (nSPS) is 11.5. The van der Waals surface area contributed by atoms with Crippen LogP contribution < -0.4 is 0 Å². The van der Waals surface area contributed by atoms with Gasteiger partial charge in [0.2, 0.25) is 0 Å². The highest BCUT2D eigenvalue weighted by Gasteiger charge is 2.18. The second-order valence-corrected chi connectivity index (χ2v) is 10.5. The van der Waals surface area contributed by atoms with Gasteiger partial charge in [-0.1, -0.05) is 72.8 Å². The van der Waals surface area contributed by atoms with Crippen molar-refractivity contribution in [2.75, 3.05) is 0 Å². The van der Waals surface area contributed by atoms with E-state index in [1.807, 2.05) is 12.1 Å². The summed E-state index contributed by atoms with van der Waals surface area (Å²) < 4.78 is 4.57. The van der Waals surface area contributed by atoms with Gasteiger partial charge in [-0.15, -0.1) is 0 Å². The molecule has 8 aromatic rings. The Kier molecular flexibility index (Phi) is 5.04. The lowest BCUT2D eigenvalue weighted by Gasteiger charge is -2.12. The summed E-state index contributed by atoms with van der Waals surface area (Å²) in [6, 6.07) is 48.9. The van der Waals surface area contributed by atoms with E-state index in [1.165, 1.54) is 21.5 Å². The van der Waals surface area contributed by atoms with Crippen molar-refractivity contribution in [2.24, 2.45) is 0 Å². The summed E-state index contributed by atoms with van der Waals surface area (Å²) in [6.07, 6.45) is 0. The molecule has 41 heavy (non-hydrogen) atoms. The molecule has 0 aliphatic rings. The molecular weight excluding hydrogens is 498 g/mol. The molecule has 6 aromatic carbocycles. The number of para-hydroxylation sites is 4. The molecule has 0 bridgehead atoms. The minimum atomic E-state index is 0.618. The van der Waals surface area contributed by atoms with Crippen molar-refractivity contribution in [1.29, 1.82) is 5.26 Å². The highest BCUT2D eigenvalue weighted by molar-refractivity contribution is 6.10. The predicted octanol–water partition coefficient (Wildman–Crippen LogP) is 9.60. The molecule has 0 saturated heterocycles. The fourth-order valence-electron chi connectivity index (χ4n) is 6.34. The molecule has 0 radical (unpaired) electrons. The van der Waals surface area contributed by atoms with Crippen LogP contribution in [-0.4, -0.2) is 9.13 Å². The van der Waals surface area contributed by atoms with Gasteiger partial charge in [-0.05, 0) is 54.1 Å². The van der Waals surface area contributed by atoms with E-state index in [9.17, 15) is 5.26 Å². The first kappa shape index (κ1) is 23.2. The molecule has 0 saturated carbocycles. The first-order chi connectivity index (χ1) is 20.2. The van der Waals surface area contributed by atoms with Gasteiger partial charge in [-0.2, -0.15) is 5.26 Å². The van der Waals surface area contributed by atoms with E-state index in [0.29, 0.717) is 5.56 Å². The quantitative estimate of drug-likeness (QED) is 0.213. The zero-order valence-corrected chi connectivity index (χ0v) is 22.3. The number of hydrogen-bond acceptors (Lipinski definition) is 1. The van der Waals surface area contributed by atoms with Crippen LogP contribution in [0.5, 0.6) is 0 Å². The monoisotopic (exact) mass is 522 g/mol. The van der Waals surface area contributed by atoms with E-state index < -0.39 is 0 Å². The fourth-order valence-corrected chi connectivity index (χ4v) is 6.34. The molecular formula is C38H24N3+. The summed E-state index contributed by atoms with van der Waals surface area (Å²) in [5, 5.41) is 14.9. The third-order valence-corrected chi connectivity index (χ3v) is 8.03. The minimum Gasteiger partial charge on any atom is -0.309 e. The number of aromatic nitrogens is 2. The maximum absolute atomic E-state index is 10.1. The Hall–Kier alpha value is -5.72. The molecule has 3 nitrogen and oxygen atoms in total. The molecule has 0 fully saturated rings. The Labute approximate surface area is 237 Å². The molecule has 0 N–H and O–H groups in total. The molecule has 190 valence electrons. The fraction of sp³-hybridized carbons (Fsp3) is 0. The first-order valence-electron chi connectivity index (χ1n) is 13.7. The average Bonchev–Trinajstić information content (AvgIpc) is 3.54. The molecule has 0 amide bonds. The number of nitriles is 1. The van der Waals surface area contributed by atoms with Crippen molar-refractivity contribution < 1.29 is 0 Å². The molecule has 0 atom stereocenters. The molecule has 2 heterocycles. The Morgan fingerprint density at radius 2 is 0.854 bits per heavy atom. The Morgan fingerprint density at radius 1 is 0.463 bits per heavy atom. The summed E-state index contributed by atoms with van der Waals surface area (Å²) in [5.41, 5.74) is 10.1. The van der Waals surface area contributed by atoms with Gasteiger partial charge in [-0.3, -0.25) is 4.57 Å². The first-order valence-corrected chi connectivity index (χ1v) is 13.7. The zero-order chi connectivity index (χ0) is 27.5. The Balaban J connectivity index is 1.38. The molecule has 8 rings (SSSR count). The Bertz CT molecular complexity index is 2240. The highest BCUT2D eigenvalue weighted by Crippen LogP contribution is 2.36. The van der Waals surface area contributed by atoms with Crippen LogP contribution in [0.1, 0.15) is 11.1 Å². The van der Waals surface area contributed by atoms with Crippen molar-refractivity contribution >= 4 is 43.6 Å². The van der Waals surface area contributed by atoms with Crippen LogP contribution in [0.4, 0.5) is 0 Å². The average molecular weight is 523 g/mol. The zero-order valence-electron chi connectivity index (χ0n) is 22.3. The summed E-state index contributed by atoms with van der Waals surface area (Å²) in [7, 11) is 0. The lowest BCUT2D eigenvalue weighted by atomic mass is 9.99. The SMILES string of the molecule is [CH2+]c1cc(-c2cc(C#N)cc(-n3c4ccccc4c4ccccc43)c2)cc(-n2c3ccccc3c3ccccc32)c1. The van der Waals surface area contributed by atoms with Gasteiger partial charge in [0.25, 0.3) is 0 Å². The van der Waals surface area contributed by atoms with Crippen LogP contribution in [0.15, 0.2) is 133 Å². The number of hydrogen-bond donors (Lipinski definition) is 0. The van der Waals surface area contributed by atoms with Gasteiger partial charge < -0.3 is 4.57 Å². The van der Waals surface area contributed by atoms with Gasteiger partial charge in [0, 0.05) is 39.7 Å².